The maximum Gasteiger partial charge on any atom is 0.122 e. The molecule has 1 aliphatic heterocycles. The Morgan fingerprint density at radius 2 is 2.28 bits per heavy atom. The Morgan fingerprint density at radius 1 is 1.33 bits per heavy atom. The molecule has 2 aromatic rings. The largest absolute Gasteiger partial charge is 0.493 e. The van der Waals surface area contributed by atoms with Crippen LogP contribution >= 0.6 is 0 Å². The van der Waals surface area contributed by atoms with Crippen molar-refractivity contribution in [2.75, 3.05) is 11.9 Å². The predicted molar refractivity (Wildman–Crippen MR) is 71.9 cm³/mol. The summed E-state index contributed by atoms with van der Waals surface area (Å²) in [6.45, 7) is 2.97. The maximum absolute atomic E-state index is 5.52. The van der Waals surface area contributed by atoms with Crippen LogP contribution in [0.4, 0.5) is 5.69 Å². The minimum absolute atomic E-state index is 0.264. The number of nitrogens with one attached hydrogen (secondary N) is 1. The van der Waals surface area contributed by atoms with Crippen molar-refractivity contribution in [3.8, 4) is 5.75 Å². The standard InChI is InChI=1S/C15H16N2O/c1-11(17-14-3-2-7-16-10-14)12-4-5-15-13(9-12)6-8-18-15/h2-5,7,9-11,17H,6,8H2,1H3. The first-order chi connectivity index (χ1) is 8.83. The number of pyridine rings is 1. The van der Waals surface area contributed by atoms with Gasteiger partial charge in [0, 0.05) is 24.9 Å². The Kier molecular flexibility index (Phi) is 2.89. The number of anilines is 1. The van der Waals surface area contributed by atoms with Crippen LogP contribution in [0.25, 0.3) is 0 Å². The third kappa shape index (κ3) is 2.16. The summed E-state index contributed by atoms with van der Waals surface area (Å²) < 4.78 is 5.52. The molecule has 3 nitrogen and oxygen atoms in total. The van der Waals surface area contributed by atoms with Crippen LogP contribution in [0.5, 0.6) is 5.75 Å². The molecule has 1 N–H and O–H groups in total. The zero-order valence-electron chi connectivity index (χ0n) is 10.4. The van der Waals surface area contributed by atoms with E-state index in [1.54, 1.807) is 6.20 Å². The Balaban J connectivity index is 1.78. The highest BCUT2D eigenvalue weighted by molar-refractivity contribution is 5.45. The van der Waals surface area contributed by atoms with Gasteiger partial charge in [-0.2, -0.15) is 0 Å². The smallest absolute Gasteiger partial charge is 0.122 e. The first-order valence-electron chi connectivity index (χ1n) is 6.25. The number of nitrogens with zero attached hydrogens (tertiary/aromatic N) is 1. The van der Waals surface area contributed by atoms with Crippen LogP contribution in [0.2, 0.25) is 0 Å². The van der Waals surface area contributed by atoms with Gasteiger partial charge in [0.05, 0.1) is 12.3 Å². The molecule has 0 amide bonds. The van der Waals surface area contributed by atoms with E-state index in [4.69, 9.17) is 4.74 Å². The quantitative estimate of drug-likeness (QED) is 0.894. The van der Waals surface area contributed by atoms with E-state index in [0.717, 1.165) is 24.5 Å². The third-order valence-corrected chi connectivity index (χ3v) is 3.26. The van der Waals surface area contributed by atoms with Gasteiger partial charge in [0.2, 0.25) is 0 Å². The molecule has 3 rings (SSSR count). The van der Waals surface area contributed by atoms with Gasteiger partial charge in [0.1, 0.15) is 5.75 Å². The number of fused-ring (bicyclic) bond motifs is 1. The van der Waals surface area contributed by atoms with Crippen molar-refractivity contribution >= 4 is 5.69 Å². The van der Waals surface area contributed by atoms with Crippen LogP contribution in [0.1, 0.15) is 24.1 Å². The molecule has 0 radical (unpaired) electrons. The fourth-order valence-electron chi connectivity index (χ4n) is 2.26. The molecule has 0 saturated carbocycles. The van der Waals surface area contributed by atoms with E-state index in [1.165, 1.54) is 11.1 Å². The van der Waals surface area contributed by atoms with E-state index in [-0.39, 0.29) is 6.04 Å². The summed E-state index contributed by atoms with van der Waals surface area (Å²) in [6.07, 6.45) is 4.64. The number of rotatable bonds is 3. The normalized spacial score (nSPS) is 14.7. The zero-order chi connectivity index (χ0) is 12.4. The van der Waals surface area contributed by atoms with Gasteiger partial charge in [0.15, 0.2) is 0 Å². The summed E-state index contributed by atoms with van der Waals surface area (Å²) in [4.78, 5) is 4.11. The van der Waals surface area contributed by atoms with E-state index in [2.05, 4.69) is 35.4 Å². The number of benzene rings is 1. The molecule has 92 valence electrons. The first-order valence-corrected chi connectivity index (χ1v) is 6.25. The van der Waals surface area contributed by atoms with Gasteiger partial charge < -0.3 is 10.1 Å². The first kappa shape index (κ1) is 11.1. The summed E-state index contributed by atoms with van der Waals surface area (Å²) in [5, 5.41) is 3.45. The molecule has 1 aromatic carbocycles. The minimum Gasteiger partial charge on any atom is -0.493 e. The van der Waals surface area contributed by atoms with E-state index >= 15 is 0 Å². The third-order valence-electron chi connectivity index (χ3n) is 3.26. The van der Waals surface area contributed by atoms with Crippen molar-refractivity contribution in [1.29, 1.82) is 0 Å². The lowest BCUT2D eigenvalue weighted by molar-refractivity contribution is 0.357. The zero-order valence-corrected chi connectivity index (χ0v) is 10.4. The molecule has 0 saturated heterocycles. The van der Waals surface area contributed by atoms with Crippen LogP contribution < -0.4 is 10.1 Å². The molecule has 3 heteroatoms. The summed E-state index contributed by atoms with van der Waals surface area (Å²) in [6, 6.07) is 10.7. The molecule has 1 aromatic heterocycles. The summed E-state index contributed by atoms with van der Waals surface area (Å²) in [5.74, 6) is 1.03. The van der Waals surface area contributed by atoms with Crippen molar-refractivity contribution in [2.45, 2.75) is 19.4 Å². The Hall–Kier alpha value is -2.03. The second-order valence-corrected chi connectivity index (χ2v) is 4.57. The molecule has 0 fully saturated rings. The molecular formula is C15H16N2O. The van der Waals surface area contributed by atoms with Gasteiger partial charge in [-0.1, -0.05) is 6.07 Å². The topological polar surface area (TPSA) is 34.2 Å². The number of ether oxygens (including phenoxy) is 1. The lowest BCUT2D eigenvalue weighted by atomic mass is 10.0. The monoisotopic (exact) mass is 240 g/mol. The second-order valence-electron chi connectivity index (χ2n) is 4.57. The Morgan fingerprint density at radius 3 is 3.11 bits per heavy atom. The van der Waals surface area contributed by atoms with E-state index in [1.807, 2.05) is 18.3 Å². The highest BCUT2D eigenvalue weighted by Gasteiger charge is 2.14. The molecule has 18 heavy (non-hydrogen) atoms. The van der Waals surface area contributed by atoms with Gasteiger partial charge in [-0.25, -0.2) is 0 Å². The highest BCUT2D eigenvalue weighted by Crippen LogP contribution is 2.29. The van der Waals surface area contributed by atoms with E-state index < -0.39 is 0 Å². The predicted octanol–water partition coefficient (Wildman–Crippen LogP) is 3.19. The maximum atomic E-state index is 5.52. The SMILES string of the molecule is CC(Nc1cccnc1)c1ccc2c(c1)CCO2. The van der Waals surface area contributed by atoms with E-state index in [9.17, 15) is 0 Å². The molecule has 0 spiro atoms. The fraction of sp³-hybridized carbons (Fsp3) is 0.267. The average molecular weight is 240 g/mol. The molecular weight excluding hydrogens is 224 g/mol. The van der Waals surface area contributed by atoms with Crippen molar-refractivity contribution in [1.82, 2.24) is 4.98 Å². The van der Waals surface area contributed by atoms with Gasteiger partial charge in [-0.3, -0.25) is 4.98 Å². The van der Waals surface area contributed by atoms with Crippen molar-refractivity contribution in [2.24, 2.45) is 0 Å². The van der Waals surface area contributed by atoms with Crippen LogP contribution in [0, 0.1) is 0 Å². The number of hydrogen-bond donors (Lipinski definition) is 1. The number of aromatic nitrogens is 1. The second kappa shape index (κ2) is 4.69. The van der Waals surface area contributed by atoms with Crippen molar-refractivity contribution in [3.05, 3.63) is 53.9 Å². The summed E-state index contributed by atoms with van der Waals surface area (Å²) >= 11 is 0. The van der Waals surface area contributed by atoms with Crippen LogP contribution in [-0.2, 0) is 6.42 Å². The van der Waals surface area contributed by atoms with Crippen molar-refractivity contribution in [3.63, 3.8) is 0 Å². The van der Waals surface area contributed by atoms with Gasteiger partial charge in [-0.15, -0.1) is 0 Å². The molecule has 2 heterocycles. The van der Waals surface area contributed by atoms with Crippen LogP contribution in [0.3, 0.4) is 0 Å². The van der Waals surface area contributed by atoms with Crippen LogP contribution in [0.15, 0.2) is 42.7 Å². The fourth-order valence-corrected chi connectivity index (χ4v) is 2.26. The molecule has 0 aliphatic carbocycles. The molecule has 1 unspecified atom stereocenters. The van der Waals surface area contributed by atoms with Gasteiger partial charge in [-0.05, 0) is 42.3 Å². The molecule has 0 bridgehead atoms. The van der Waals surface area contributed by atoms with E-state index in [0.29, 0.717) is 0 Å². The molecule has 1 atom stereocenters. The van der Waals surface area contributed by atoms with Crippen LogP contribution in [-0.4, -0.2) is 11.6 Å². The van der Waals surface area contributed by atoms with Gasteiger partial charge >= 0.3 is 0 Å². The molecule has 1 aliphatic rings. The summed E-state index contributed by atoms with van der Waals surface area (Å²) in [7, 11) is 0. The average Bonchev–Trinajstić information content (AvgIpc) is 2.87. The number of hydrogen-bond acceptors (Lipinski definition) is 3. The lowest BCUT2D eigenvalue weighted by Gasteiger charge is -2.16. The Labute approximate surface area is 107 Å². The highest BCUT2D eigenvalue weighted by atomic mass is 16.5. The van der Waals surface area contributed by atoms with Crippen molar-refractivity contribution < 1.29 is 4.74 Å². The minimum atomic E-state index is 0.264. The van der Waals surface area contributed by atoms with Gasteiger partial charge in [0.25, 0.3) is 0 Å². The lowest BCUT2D eigenvalue weighted by Crippen LogP contribution is -2.06. The summed E-state index contributed by atoms with van der Waals surface area (Å²) in [5.41, 5.74) is 3.64. The Bertz CT molecular complexity index is 539.